The molecule has 3 rings (SSSR count). The van der Waals surface area contributed by atoms with Crippen LogP contribution < -0.4 is 4.74 Å². The van der Waals surface area contributed by atoms with Gasteiger partial charge in [-0.3, -0.25) is 0 Å². The molecule has 1 aromatic heterocycles. The first-order valence-corrected chi connectivity index (χ1v) is 7.57. The zero-order valence-electron chi connectivity index (χ0n) is 10.8. The number of halogens is 3. The summed E-state index contributed by atoms with van der Waals surface area (Å²) in [6.45, 7) is 0. The lowest BCUT2D eigenvalue weighted by atomic mass is 10.2. The van der Waals surface area contributed by atoms with Crippen molar-refractivity contribution in [2.45, 2.75) is 5.88 Å². The van der Waals surface area contributed by atoms with Gasteiger partial charge in [-0.05, 0) is 40.2 Å². The van der Waals surface area contributed by atoms with Crippen LogP contribution in [-0.4, -0.2) is 4.98 Å². The predicted molar refractivity (Wildman–Crippen MR) is 85.5 cm³/mol. The van der Waals surface area contributed by atoms with Crippen molar-refractivity contribution in [3.8, 4) is 11.6 Å². The molecule has 0 saturated carbocycles. The molecule has 21 heavy (non-hydrogen) atoms. The molecule has 2 nitrogen and oxygen atoms in total. The molecule has 0 atom stereocenters. The van der Waals surface area contributed by atoms with Crippen LogP contribution in [-0.2, 0) is 5.88 Å². The first kappa shape index (κ1) is 14.3. The van der Waals surface area contributed by atoms with Gasteiger partial charge in [-0.2, -0.15) is 0 Å². The molecule has 106 valence electrons. The largest absolute Gasteiger partial charge is 0.439 e. The van der Waals surface area contributed by atoms with E-state index in [0.717, 1.165) is 16.5 Å². The molecule has 0 bridgehead atoms. The second kappa shape index (κ2) is 6.00. The predicted octanol–water partition coefficient (Wildman–Crippen LogP) is 5.67. The van der Waals surface area contributed by atoms with Gasteiger partial charge in [0.05, 0.1) is 15.9 Å². The van der Waals surface area contributed by atoms with E-state index >= 15 is 0 Å². The number of alkyl halides is 1. The van der Waals surface area contributed by atoms with Crippen molar-refractivity contribution in [2.24, 2.45) is 0 Å². The van der Waals surface area contributed by atoms with Crippen LogP contribution >= 0.6 is 27.5 Å². The lowest BCUT2D eigenvalue weighted by Crippen LogP contribution is -1.95. The number of aromatic nitrogens is 1. The molecule has 0 radical (unpaired) electrons. The summed E-state index contributed by atoms with van der Waals surface area (Å²) >= 11 is 9.06. The van der Waals surface area contributed by atoms with Crippen LogP contribution in [0.4, 0.5) is 4.39 Å². The van der Waals surface area contributed by atoms with E-state index in [1.165, 1.54) is 6.07 Å². The highest BCUT2D eigenvalue weighted by molar-refractivity contribution is 9.10. The van der Waals surface area contributed by atoms with Crippen LogP contribution in [0.15, 0.2) is 53.0 Å². The Morgan fingerprint density at radius 3 is 2.71 bits per heavy atom. The summed E-state index contributed by atoms with van der Waals surface area (Å²) < 4.78 is 19.6. The zero-order chi connectivity index (χ0) is 14.8. The maximum atomic E-state index is 13.5. The van der Waals surface area contributed by atoms with Crippen molar-refractivity contribution in [1.82, 2.24) is 4.98 Å². The zero-order valence-corrected chi connectivity index (χ0v) is 13.2. The number of pyridine rings is 1. The number of rotatable bonds is 3. The Kier molecular flexibility index (Phi) is 4.08. The molecule has 0 aliphatic rings. The quantitative estimate of drug-likeness (QED) is 0.557. The summed E-state index contributed by atoms with van der Waals surface area (Å²) in [6.07, 6.45) is 0. The van der Waals surface area contributed by atoms with Crippen LogP contribution in [0.2, 0.25) is 0 Å². The Morgan fingerprint density at radius 1 is 1.14 bits per heavy atom. The Labute approximate surface area is 134 Å². The van der Waals surface area contributed by atoms with E-state index in [1.807, 2.05) is 30.3 Å². The molecule has 5 heteroatoms. The Balaban J connectivity index is 2.04. The van der Waals surface area contributed by atoms with Gasteiger partial charge in [0, 0.05) is 17.0 Å². The van der Waals surface area contributed by atoms with E-state index in [4.69, 9.17) is 16.3 Å². The number of benzene rings is 2. The van der Waals surface area contributed by atoms with Crippen LogP contribution in [0.1, 0.15) is 5.56 Å². The lowest BCUT2D eigenvalue weighted by Gasteiger charge is -2.10. The molecule has 1 heterocycles. The second-order valence-electron chi connectivity index (χ2n) is 4.46. The fourth-order valence-corrected chi connectivity index (χ4v) is 2.42. The van der Waals surface area contributed by atoms with Crippen molar-refractivity contribution < 1.29 is 9.13 Å². The highest BCUT2D eigenvalue weighted by Crippen LogP contribution is 2.29. The smallest absolute Gasteiger partial charge is 0.224 e. The second-order valence-corrected chi connectivity index (χ2v) is 5.58. The first-order valence-electron chi connectivity index (χ1n) is 6.25. The van der Waals surface area contributed by atoms with E-state index in [0.29, 0.717) is 16.1 Å². The number of para-hydroxylation sites is 1. The third kappa shape index (κ3) is 3.01. The third-order valence-electron chi connectivity index (χ3n) is 3.01. The molecule has 3 aromatic rings. The molecule has 0 unspecified atom stereocenters. The highest BCUT2D eigenvalue weighted by Gasteiger charge is 2.10. The fraction of sp³-hybridized carbons (Fsp3) is 0.0625. The molecule has 0 saturated heterocycles. The lowest BCUT2D eigenvalue weighted by molar-refractivity contribution is 0.455. The number of hydrogen-bond acceptors (Lipinski definition) is 2. The van der Waals surface area contributed by atoms with Gasteiger partial charge in [-0.15, -0.1) is 11.6 Å². The van der Waals surface area contributed by atoms with Crippen LogP contribution in [0.3, 0.4) is 0 Å². The van der Waals surface area contributed by atoms with Crippen molar-refractivity contribution in [3.63, 3.8) is 0 Å². The van der Waals surface area contributed by atoms with E-state index in [-0.39, 0.29) is 11.7 Å². The molecule has 0 N–H and O–H groups in total. The van der Waals surface area contributed by atoms with Crippen molar-refractivity contribution in [1.29, 1.82) is 0 Å². The highest BCUT2D eigenvalue weighted by atomic mass is 79.9. The van der Waals surface area contributed by atoms with E-state index < -0.39 is 0 Å². The van der Waals surface area contributed by atoms with Crippen molar-refractivity contribution >= 4 is 38.4 Å². The summed E-state index contributed by atoms with van der Waals surface area (Å²) in [5, 5.41) is 0.988. The number of ether oxygens (including phenoxy) is 1. The number of hydrogen-bond donors (Lipinski definition) is 0. The summed E-state index contributed by atoms with van der Waals surface area (Å²) in [7, 11) is 0. The van der Waals surface area contributed by atoms with Gasteiger partial charge in [0.15, 0.2) is 0 Å². The summed E-state index contributed by atoms with van der Waals surface area (Å²) in [4.78, 5) is 4.45. The van der Waals surface area contributed by atoms with Gasteiger partial charge >= 0.3 is 0 Å². The SMILES string of the molecule is Fc1cc(Oc2nc3ccccc3cc2CCl)ccc1Br. The van der Waals surface area contributed by atoms with Crippen molar-refractivity contribution in [2.75, 3.05) is 0 Å². The molecular weight excluding hydrogens is 357 g/mol. The molecule has 2 aromatic carbocycles. The molecule has 0 aliphatic carbocycles. The summed E-state index contributed by atoms with van der Waals surface area (Å²) in [6, 6.07) is 14.2. The minimum atomic E-state index is -0.388. The maximum Gasteiger partial charge on any atom is 0.224 e. The van der Waals surface area contributed by atoms with Crippen LogP contribution in [0, 0.1) is 5.82 Å². The standard InChI is InChI=1S/C16H10BrClFNO/c17-13-6-5-12(8-14(13)19)21-16-11(9-18)7-10-3-1-2-4-15(10)20-16/h1-8H,9H2. The van der Waals surface area contributed by atoms with Gasteiger partial charge < -0.3 is 4.74 Å². The Hall–Kier alpha value is -1.65. The van der Waals surface area contributed by atoms with Gasteiger partial charge in [0.25, 0.3) is 0 Å². The molecule has 0 spiro atoms. The minimum Gasteiger partial charge on any atom is -0.439 e. The van der Waals surface area contributed by atoms with Crippen molar-refractivity contribution in [3.05, 3.63) is 64.4 Å². The number of fused-ring (bicyclic) bond motifs is 1. The molecule has 0 fully saturated rings. The van der Waals surface area contributed by atoms with Gasteiger partial charge in [-0.25, -0.2) is 9.37 Å². The van der Waals surface area contributed by atoms with Gasteiger partial charge in [0.1, 0.15) is 11.6 Å². The fourth-order valence-electron chi connectivity index (χ4n) is 1.98. The monoisotopic (exact) mass is 365 g/mol. The summed E-state index contributed by atoms with van der Waals surface area (Å²) in [5.41, 5.74) is 1.57. The average Bonchev–Trinajstić information content (AvgIpc) is 2.50. The topological polar surface area (TPSA) is 22.1 Å². The number of nitrogens with zero attached hydrogens (tertiary/aromatic N) is 1. The van der Waals surface area contributed by atoms with Crippen LogP contribution in [0.25, 0.3) is 10.9 Å². The van der Waals surface area contributed by atoms with E-state index in [9.17, 15) is 4.39 Å². The first-order chi connectivity index (χ1) is 10.2. The van der Waals surface area contributed by atoms with E-state index in [2.05, 4.69) is 20.9 Å². The molecule has 0 aliphatic heterocycles. The minimum absolute atomic E-state index is 0.270. The normalized spacial score (nSPS) is 10.8. The van der Waals surface area contributed by atoms with E-state index in [1.54, 1.807) is 12.1 Å². The van der Waals surface area contributed by atoms with Gasteiger partial charge in [-0.1, -0.05) is 18.2 Å². The molecule has 0 amide bonds. The Bertz CT molecular complexity index is 809. The van der Waals surface area contributed by atoms with Crippen LogP contribution in [0.5, 0.6) is 11.6 Å². The van der Waals surface area contributed by atoms with Gasteiger partial charge in [0.2, 0.25) is 5.88 Å². The Morgan fingerprint density at radius 2 is 1.95 bits per heavy atom. The molecular formula is C16H10BrClFNO. The summed E-state index contributed by atoms with van der Waals surface area (Å²) in [5.74, 6) is 0.655. The third-order valence-corrected chi connectivity index (χ3v) is 3.94. The average molecular weight is 367 g/mol. The maximum absolute atomic E-state index is 13.5.